The van der Waals surface area contributed by atoms with Gasteiger partial charge in [-0.05, 0) is 47.7 Å². The van der Waals surface area contributed by atoms with E-state index in [1.165, 1.54) is 21.9 Å². The Bertz CT molecular complexity index is 642. The van der Waals surface area contributed by atoms with Crippen molar-refractivity contribution in [2.75, 3.05) is 0 Å². The van der Waals surface area contributed by atoms with E-state index in [4.69, 9.17) is 0 Å². The molecule has 0 N–H and O–H groups in total. The van der Waals surface area contributed by atoms with Gasteiger partial charge in [-0.2, -0.15) is 0 Å². The number of benzene rings is 2. The van der Waals surface area contributed by atoms with Crippen molar-refractivity contribution in [3.63, 3.8) is 0 Å². The van der Waals surface area contributed by atoms with Crippen LogP contribution in [-0.4, -0.2) is 0 Å². The summed E-state index contributed by atoms with van der Waals surface area (Å²) in [7, 11) is 0. The molecule has 0 nitrogen and oxygen atoms in total. The number of hydrogen-bond donors (Lipinski definition) is 0. The summed E-state index contributed by atoms with van der Waals surface area (Å²) in [5.74, 6) is 0. The maximum atomic E-state index is 4.23. The highest BCUT2D eigenvalue weighted by molar-refractivity contribution is 5.95. The van der Waals surface area contributed by atoms with Crippen LogP contribution in [0.15, 0.2) is 67.3 Å². The molecule has 0 heteroatoms. The van der Waals surface area contributed by atoms with E-state index in [9.17, 15) is 0 Å². The first-order valence-corrected chi connectivity index (χ1v) is 6.68. The Morgan fingerprint density at radius 3 is 2.53 bits per heavy atom. The Kier molecular flexibility index (Phi) is 4.35. The van der Waals surface area contributed by atoms with E-state index in [1.807, 2.05) is 19.1 Å². The van der Waals surface area contributed by atoms with Crippen LogP contribution < -0.4 is 0 Å². The maximum Gasteiger partial charge on any atom is -0.00940 e. The molecule has 96 valence electrons. The first-order chi connectivity index (χ1) is 9.24. The second-order valence-corrected chi connectivity index (χ2v) is 4.74. The van der Waals surface area contributed by atoms with E-state index < -0.39 is 0 Å². The number of fused-ring (bicyclic) bond motifs is 1. The molecule has 0 fully saturated rings. The fourth-order valence-electron chi connectivity index (χ4n) is 2.27. The third kappa shape index (κ3) is 3.03. The molecule has 0 atom stereocenters. The monoisotopic (exact) mass is 248 g/mol. The van der Waals surface area contributed by atoms with Crippen molar-refractivity contribution in [3.8, 4) is 0 Å². The van der Waals surface area contributed by atoms with Crippen molar-refractivity contribution in [3.05, 3.63) is 78.4 Å². The SMILES string of the molecule is C=C(C/C=C\C=C/C)c1ccc(C)c2ccccc12. The summed E-state index contributed by atoms with van der Waals surface area (Å²) in [6.07, 6.45) is 9.18. The second-order valence-electron chi connectivity index (χ2n) is 4.74. The summed E-state index contributed by atoms with van der Waals surface area (Å²) in [5, 5.41) is 2.62. The molecule has 0 aliphatic heterocycles. The zero-order chi connectivity index (χ0) is 13.7. The summed E-state index contributed by atoms with van der Waals surface area (Å²) < 4.78 is 0. The van der Waals surface area contributed by atoms with E-state index in [-0.39, 0.29) is 0 Å². The predicted molar refractivity (Wildman–Crippen MR) is 86.3 cm³/mol. The second kappa shape index (κ2) is 6.19. The van der Waals surface area contributed by atoms with Crippen molar-refractivity contribution in [2.45, 2.75) is 20.3 Å². The Hall–Kier alpha value is -2.08. The minimum Gasteiger partial charge on any atom is -0.0949 e. The first kappa shape index (κ1) is 13.4. The summed E-state index contributed by atoms with van der Waals surface area (Å²) in [5.41, 5.74) is 3.74. The third-order valence-electron chi connectivity index (χ3n) is 3.33. The van der Waals surface area contributed by atoms with Gasteiger partial charge in [-0.3, -0.25) is 0 Å². The van der Waals surface area contributed by atoms with Gasteiger partial charge in [0.05, 0.1) is 0 Å². The molecule has 2 rings (SSSR count). The Morgan fingerprint density at radius 2 is 1.79 bits per heavy atom. The van der Waals surface area contributed by atoms with E-state index in [0.717, 1.165) is 12.0 Å². The van der Waals surface area contributed by atoms with Crippen LogP contribution in [0.4, 0.5) is 0 Å². The lowest BCUT2D eigenvalue weighted by molar-refractivity contribution is 1.40. The standard InChI is InChI=1S/C19H20/c1-4-5-6-7-10-15(2)18-14-13-16(3)17-11-8-9-12-19(17)18/h4-9,11-14H,2,10H2,1,3H3/b5-4-,7-6-. The van der Waals surface area contributed by atoms with Gasteiger partial charge in [0.2, 0.25) is 0 Å². The smallest absolute Gasteiger partial charge is 0.00940 e. The zero-order valence-electron chi connectivity index (χ0n) is 11.7. The zero-order valence-corrected chi connectivity index (χ0v) is 11.7. The minimum atomic E-state index is 0.886. The molecule has 0 radical (unpaired) electrons. The number of hydrogen-bond acceptors (Lipinski definition) is 0. The molecule has 0 amide bonds. The molecule has 0 unspecified atom stereocenters. The molecule has 2 aromatic rings. The number of rotatable bonds is 4. The van der Waals surface area contributed by atoms with Crippen molar-refractivity contribution in [2.24, 2.45) is 0 Å². The average Bonchev–Trinajstić information content (AvgIpc) is 2.44. The van der Waals surface area contributed by atoms with Crippen molar-refractivity contribution in [1.82, 2.24) is 0 Å². The number of aryl methyl sites for hydroxylation is 1. The van der Waals surface area contributed by atoms with Crippen LogP contribution in [0.3, 0.4) is 0 Å². The van der Waals surface area contributed by atoms with E-state index in [1.54, 1.807) is 0 Å². The molecule has 19 heavy (non-hydrogen) atoms. The Balaban J connectivity index is 2.35. The lowest BCUT2D eigenvalue weighted by Crippen LogP contribution is -1.87. The summed E-state index contributed by atoms with van der Waals surface area (Å²) in [6, 6.07) is 12.9. The average molecular weight is 248 g/mol. The molecule has 0 aliphatic rings. The molecule has 0 aromatic heterocycles. The summed E-state index contributed by atoms with van der Waals surface area (Å²) >= 11 is 0. The minimum absolute atomic E-state index is 0.886. The van der Waals surface area contributed by atoms with Crippen LogP contribution in [0.2, 0.25) is 0 Å². The van der Waals surface area contributed by atoms with Gasteiger partial charge in [-0.25, -0.2) is 0 Å². The molecule has 0 spiro atoms. The summed E-state index contributed by atoms with van der Waals surface area (Å²) in [4.78, 5) is 0. The van der Waals surface area contributed by atoms with Crippen LogP contribution >= 0.6 is 0 Å². The number of allylic oxidation sites excluding steroid dienone is 5. The highest BCUT2D eigenvalue weighted by Gasteiger charge is 2.04. The van der Waals surface area contributed by atoms with Gasteiger partial charge in [0.25, 0.3) is 0 Å². The van der Waals surface area contributed by atoms with E-state index in [2.05, 4.69) is 62.1 Å². The molecular formula is C19H20. The fraction of sp³-hybridized carbons (Fsp3) is 0.158. The van der Waals surface area contributed by atoms with Crippen LogP contribution in [0.25, 0.3) is 16.3 Å². The van der Waals surface area contributed by atoms with Gasteiger partial charge < -0.3 is 0 Å². The topological polar surface area (TPSA) is 0 Å². The van der Waals surface area contributed by atoms with Gasteiger partial charge in [0.1, 0.15) is 0 Å². The van der Waals surface area contributed by atoms with E-state index >= 15 is 0 Å². The maximum absolute atomic E-state index is 4.23. The van der Waals surface area contributed by atoms with Gasteiger partial charge in [-0.1, -0.05) is 67.3 Å². The lowest BCUT2D eigenvalue weighted by atomic mass is 9.95. The van der Waals surface area contributed by atoms with Crippen LogP contribution in [-0.2, 0) is 0 Å². The predicted octanol–water partition coefficient (Wildman–Crippen LogP) is 5.68. The van der Waals surface area contributed by atoms with Gasteiger partial charge in [0.15, 0.2) is 0 Å². The molecule has 0 saturated carbocycles. The fourth-order valence-corrected chi connectivity index (χ4v) is 2.27. The van der Waals surface area contributed by atoms with Crippen molar-refractivity contribution < 1.29 is 0 Å². The molecule has 0 bridgehead atoms. The summed E-state index contributed by atoms with van der Waals surface area (Å²) in [6.45, 7) is 8.40. The lowest BCUT2D eigenvalue weighted by Gasteiger charge is -2.10. The normalized spacial score (nSPS) is 11.7. The van der Waals surface area contributed by atoms with Crippen LogP contribution in [0, 0.1) is 6.92 Å². The van der Waals surface area contributed by atoms with Crippen molar-refractivity contribution >= 4 is 16.3 Å². The molecular weight excluding hydrogens is 228 g/mol. The molecule has 0 aliphatic carbocycles. The largest absolute Gasteiger partial charge is 0.0949 e. The van der Waals surface area contributed by atoms with Gasteiger partial charge >= 0.3 is 0 Å². The third-order valence-corrected chi connectivity index (χ3v) is 3.33. The van der Waals surface area contributed by atoms with Crippen LogP contribution in [0.1, 0.15) is 24.5 Å². The Morgan fingerprint density at radius 1 is 1.05 bits per heavy atom. The Labute approximate surface area is 115 Å². The highest BCUT2D eigenvalue weighted by Crippen LogP contribution is 2.28. The highest BCUT2D eigenvalue weighted by atomic mass is 14.1. The van der Waals surface area contributed by atoms with Gasteiger partial charge in [0, 0.05) is 0 Å². The van der Waals surface area contributed by atoms with Crippen LogP contribution in [0.5, 0.6) is 0 Å². The van der Waals surface area contributed by atoms with Crippen molar-refractivity contribution in [1.29, 1.82) is 0 Å². The van der Waals surface area contributed by atoms with Gasteiger partial charge in [-0.15, -0.1) is 0 Å². The quantitative estimate of drug-likeness (QED) is 0.610. The first-order valence-electron chi connectivity index (χ1n) is 6.68. The molecule has 0 heterocycles. The molecule has 0 saturated heterocycles. The van der Waals surface area contributed by atoms with E-state index in [0.29, 0.717) is 0 Å². The molecule has 2 aromatic carbocycles.